The highest BCUT2D eigenvalue weighted by atomic mass is 35.5. The molecule has 1 saturated carbocycles. The lowest BCUT2D eigenvalue weighted by Gasteiger charge is -2.19. The zero-order valence-corrected chi connectivity index (χ0v) is 12.1. The van der Waals surface area contributed by atoms with Crippen molar-refractivity contribution >= 4 is 11.6 Å². The number of rotatable bonds is 7. The molecule has 2 nitrogen and oxygen atoms in total. The van der Waals surface area contributed by atoms with Crippen molar-refractivity contribution in [2.75, 3.05) is 20.1 Å². The molecule has 3 heteroatoms. The van der Waals surface area contributed by atoms with Gasteiger partial charge in [0.2, 0.25) is 0 Å². The van der Waals surface area contributed by atoms with Gasteiger partial charge >= 0.3 is 0 Å². The van der Waals surface area contributed by atoms with Crippen molar-refractivity contribution in [1.82, 2.24) is 10.2 Å². The fourth-order valence-electron chi connectivity index (χ4n) is 2.24. The smallest absolute Gasteiger partial charge is 0.0451 e. The second kappa shape index (κ2) is 6.55. The second-order valence-electron chi connectivity index (χ2n) is 5.41. The molecule has 1 aromatic carbocycles. The van der Waals surface area contributed by atoms with E-state index in [-0.39, 0.29) is 0 Å². The summed E-state index contributed by atoms with van der Waals surface area (Å²) in [7, 11) is 2.15. The summed E-state index contributed by atoms with van der Waals surface area (Å²) in [4.78, 5) is 2.31. The number of hydrogen-bond acceptors (Lipinski definition) is 2. The first-order chi connectivity index (χ1) is 8.66. The molecule has 0 heterocycles. The van der Waals surface area contributed by atoms with E-state index in [9.17, 15) is 0 Å². The Labute approximate surface area is 115 Å². The monoisotopic (exact) mass is 266 g/mol. The van der Waals surface area contributed by atoms with Crippen molar-refractivity contribution in [3.05, 3.63) is 34.9 Å². The largest absolute Gasteiger partial charge is 0.313 e. The van der Waals surface area contributed by atoms with E-state index in [0.29, 0.717) is 6.04 Å². The van der Waals surface area contributed by atoms with Crippen LogP contribution >= 0.6 is 11.6 Å². The van der Waals surface area contributed by atoms with Crippen molar-refractivity contribution in [1.29, 1.82) is 0 Å². The molecule has 1 fully saturated rings. The summed E-state index contributed by atoms with van der Waals surface area (Å²) in [5.41, 5.74) is 1.21. The third-order valence-corrected chi connectivity index (χ3v) is 4.06. The topological polar surface area (TPSA) is 15.3 Å². The van der Waals surface area contributed by atoms with Gasteiger partial charge in [-0.2, -0.15) is 0 Å². The number of nitrogens with one attached hydrogen (secondary N) is 1. The summed E-state index contributed by atoms with van der Waals surface area (Å²) >= 11 is 6.16. The van der Waals surface area contributed by atoms with Crippen LogP contribution in [0.2, 0.25) is 5.02 Å². The zero-order chi connectivity index (χ0) is 13.0. The molecule has 0 aromatic heterocycles. The van der Waals surface area contributed by atoms with Crippen LogP contribution in [0.4, 0.5) is 0 Å². The second-order valence-corrected chi connectivity index (χ2v) is 5.82. The van der Waals surface area contributed by atoms with Gasteiger partial charge in [0.15, 0.2) is 0 Å². The van der Waals surface area contributed by atoms with E-state index in [4.69, 9.17) is 11.6 Å². The van der Waals surface area contributed by atoms with Crippen LogP contribution in [-0.4, -0.2) is 31.1 Å². The number of hydrogen-bond donors (Lipinski definition) is 1. The van der Waals surface area contributed by atoms with Crippen LogP contribution in [0.5, 0.6) is 0 Å². The molecule has 0 spiro atoms. The molecule has 0 aliphatic heterocycles. The van der Waals surface area contributed by atoms with Crippen molar-refractivity contribution in [3.63, 3.8) is 0 Å². The van der Waals surface area contributed by atoms with Crippen LogP contribution in [0.25, 0.3) is 0 Å². The highest BCUT2D eigenvalue weighted by Gasteiger charge is 2.27. The summed E-state index contributed by atoms with van der Waals surface area (Å²) in [6, 6.07) is 8.75. The molecule has 1 atom stereocenters. The Hall–Kier alpha value is -0.570. The first-order valence-corrected chi connectivity index (χ1v) is 7.20. The molecule has 2 rings (SSSR count). The first-order valence-electron chi connectivity index (χ1n) is 6.82. The van der Waals surface area contributed by atoms with E-state index in [1.54, 1.807) is 0 Å². The molecule has 1 aromatic rings. The Morgan fingerprint density at radius 2 is 2.11 bits per heavy atom. The Balaban J connectivity index is 1.68. The van der Waals surface area contributed by atoms with Crippen LogP contribution in [-0.2, 0) is 6.54 Å². The van der Waals surface area contributed by atoms with Gasteiger partial charge in [-0.25, -0.2) is 0 Å². The Bertz CT molecular complexity index is 377. The van der Waals surface area contributed by atoms with Gasteiger partial charge in [-0.1, -0.05) is 29.8 Å². The minimum Gasteiger partial charge on any atom is -0.313 e. The standard InChI is InChI=1S/C15H23ClN2/c1-12(13-7-8-13)17-9-10-18(2)11-14-5-3-4-6-15(14)16/h3-6,12-13,17H,7-11H2,1-2H3. The highest BCUT2D eigenvalue weighted by molar-refractivity contribution is 6.31. The molecular formula is C15H23ClN2. The SMILES string of the molecule is CC(NCCN(C)Cc1ccccc1Cl)C1CC1. The van der Waals surface area contributed by atoms with E-state index in [1.165, 1.54) is 18.4 Å². The van der Waals surface area contributed by atoms with Gasteiger partial charge in [-0.05, 0) is 44.4 Å². The Kier molecular flexibility index (Phi) is 5.04. The average Bonchev–Trinajstić information content (AvgIpc) is 3.16. The average molecular weight is 267 g/mol. The van der Waals surface area contributed by atoms with Gasteiger partial charge in [0.25, 0.3) is 0 Å². The van der Waals surface area contributed by atoms with Crippen molar-refractivity contribution in [2.24, 2.45) is 5.92 Å². The molecule has 0 amide bonds. The zero-order valence-electron chi connectivity index (χ0n) is 11.3. The predicted molar refractivity (Wildman–Crippen MR) is 78.0 cm³/mol. The molecule has 0 saturated heterocycles. The molecule has 0 radical (unpaired) electrons. The Morgan fingerprint density at radius 1 is 1.39 bits per heavy atom. The van der Waals surface area contributed by atoms with Gasteiger partial charge < -0.3 is 10.2 Å². The van der Waals surface area contributed by atoms with E-state index in [2.05, 4.69) is 30.3 Å². The van der Waals surface area contributed by atoms with Crippen LogP contribution in [0.15, 0.2) is 24.3 Å². The van der Waals surface area contributed by atoms with Crippen molar-refractivity contribution in [2.45, 2.75) is 32.4 Å². The summed E-state index contributed by atoms with van der Waals surface area (Å²) in [5, 5.41) is 4.47. The number of benzene rings is 1. The molecule has 1 aliphatic rings. The van der Waals surface area contributed by atoms with E-state index in [0.717, 1.165) is 30.6 Å². The molecule has 0 bridgehead atoms. The van der Waals surface area contributed by atoms with Gasteiger partial charge in [0.1, 0.15) is 0 Å². The van der Waals surface area contributed by atoms with Gasteiger partial charge in [0, 0.05) is 30.7 Å². The van der Waals surface area contributed by atoms with E-state index in [1.807, 2.05) is 18.2 Å². The van der Waals surface area contributed by atoms with E-state index < -0.39 is 0 Å². The number of nitrogens with zero attached hydrogens (tertiary/aromatic N) is 1. The lowest BCUT2D eigenvalue weighted by atomic mass is 10.2. The third kappa shape index (κ3) is 4.27. The summed E-state index contributed by atoms with van der Waals surface area (Å²) in [6.07, 6.45) is 2.81. The van der Waals surface area contributed by atoms with Crippen LogP contribution in [0.1, 0.15) is 25.3 Å². The summed E-state index contributed by atoms with van der Waals surface area (Å²) < 4.78 is 0. The fourth-order valence-corrected chi connectivity index (χ4v) is 2.44. The minimum absolute atomic E-state index is 0.679. The maximum Gasteiger partial charge on any atom is 0.0451 e. The molecule has 1 N–H and O–H groups in total. The van der Waals surface area contributed by atoms with E-state index >= 15 is 0 Å². The lowest BCUT2D eigenvalue weighted by Crippen LogP contribution is -2.35. The maximum atomic E-state index is 6.16. The quantitative estimate of drug-likeness (QED) is 0.816. The lowest BCUT2D eigenvalue weighted by molar-refractivity contribution is 0.315. The van der Waals surface area contributed by atoms with Crippen LogP contribution in [0.3, 0.4) is 0 Å². The van der Waals surface area contributed by atoms with Crippen LogP contribution in [0, 0.1) is 5.92 Å². The van der Waals surface area contributed by atoms with Crippen LogP contribution < -0.4 is 5.32 Å². The molecule has 100 valence electrons. The molecular weight excluding hydrogens is 244 g/mol. The summed E-state index contributed by atoms with van der Waals surface area (Å²) in [5.74, 6) is 0.930. The normalized spacial score (nSPS) is 17.1. The first kappa shape index (κ1) is 13.9. The van der Waals surface area contributed by atoms with Crippen molar-refractivity contribution < 1.29 is 0 Å². The maximum absolute atomic E-state index is 6.16. The molecule has 1 unspecified atom stereocenters. The van der Waals surface area contributed by atoms with Crippen molar-refractivity contribution in [3.8, 4) is 0 Å². The Morgan fingerprint density at radius 3 is 2.78 bits per heavy atom. The number of likely N-dealkylation sites (N-methyl/N-ethyl adjacent to an activating group) is 1. The fraction of sp³-hybridized carbons (Fsp3) is 0.600. The summed E-state index contributed by atoms with van der Waals surface area (Å²) in [6.45, 7) is 5.33. The van der Waals surface area contributed by atoms with Gasteiger partial charge in [-0.3, -0.25) is 0 Å². The number of halogens is 1. The highest BCUT2D eigenvalue weighted by Crippen LogP contribution is 2.32. The minimum atomic E-state index is 0.679. The third-order valence-electron chi connectivity index (χ3n) is 3.69. The molecule has 18 heavy (non-hydrogen) atoms. The molecule has 1 aliphatic carbocycles. The van der Waals surface area contributed by atoms with Gasteiger partial charge in [0.05, 0.1) is 0 Å². The predicted octanol–water partition coefficient (Wildman–Crippen LogP) is 3.16. The van der Waals surface area contributed by atoms with Gasteiger partial charge in [-0.15, -0.1) is 0 Å².